The molecule has 0 atom stereocenters. The summed E-state index contributed by atoms with van der Waals surface area (Å²) in [5.41, 5.74) is 2.22. The molecule has 0 saturated carbocycles. The Hall–Kier alpha value is -2.17. The SMILES string of the molecule is C=c1c(=C)n(-c2ccc(OCCSN3CC3)cc2)c2ccccc12. The van der Waals surface area contributed by atoms with Gasteiger partial charge in [0.15, 0.2) is 0 Å². The third-order valence-corrected chi connectivity index (χ3v) is 5.29. The highest BCUT2D eigenvalue weighted by molar-refractivity contribution is 7.97. The number of ether oxygens (including phenoxy) is 1. The van der Waals surface area contributed by atoms with Crippen molar-refractivity contribution in [2.75, 3.05) is 25.4 Å². The van der Waals surface area contributed by atoms with Crippen molar-refractivity contribution in [1.82, 2.24) is 8.87 Å². The van der Waals surface area contributed by atoms with E-state index in [9.17, 15) is 0 Å². The summed E-state index contributed by atoms with van der Waals surface area (Å²) in [6, 6.07) is 16.5. The molecule has 0 N–H and O–H groups in total. The predicted octanol–water partition coefficient (Wildman–Crippen LogP) is 2.79. The monoisotopic (exact) mass is 336 g/mol. The molecule has 1 aliphatic rings. The van der Waals surface area contributed by atoms with Gasteiger partial charge in [0.2, 0.25) is 0 Å². The van der Waals surface area contributed by atoms with Gasteiger partial charge in [-0.05, 0) is 30.3 Å². The van der Waals surface area contributed by atoms with Gasteiger partial charge in [-0.3, -0.25) is 0 Å². The number of fused-ring (bicyclic) bond motifs is 1. The Morgan fingerprint density at radius 3 is 2.50 bits per heavy atom. The first-order chi connectivity index (χ1) is 11.7. The Balaban J connectivity index is 1.55. The van der Waals surface area contributed by atoms with Crippen LogP contribution >= 0.6 is 11.9 Å². The van der Waals surface area contributed by atoms with Crippen LogP contribution in [0.25, 0.3) is 29.7 Å². The van der Waals surface area contributed by atoms with E-state index in [1.807, 2.05) is 36.2 Å². The van der Waals surface area contributed by atoms with Crippen LogP contribution in [0, 0.1) is 0 Å². The van der Waals surface area contributed by atoms with Crippen molar-refractivity contribution in [2.24, 2.45) is 0 Å². The van der Waals surface area contributed by atoms with Gasteiger partial charge in [0.05, 0.1) is 12.1 Å². The molecule has 2 aromatic carbocycles. The molecule has 4 rings (SSSR count). The van der Waals surface area contributed by atoms with E-state index in [1.54, 1.807) is 0 Å². The molecular formula is C20H20N2OS. The van der Waals surface area contributed by atoms with Crippen molar-refractivity contribution < 1.29 is 4.74 Å². The maximum atomic E-state index is 5.81. The fourth-order valence-electron chi connectivity index (χ4n) is 2.84. The third kappa shape index (κ3) is 2.95. The fourth-order valence-corrected chi connectivity index (χ4v) is 3.60. The normalized spacial score (nSPS) is 14.2. The molecule has 2 heterocycles. The minimum absolute atomic E-state index is 0.733. The van der Waals surface area contributed by atoms with Gasteiger partial charge in [0, 0.05) is 40.5 Å². The molecule has 1 aliphatic heterocycles. The number of nitrogens with zero attached hydrogens (tertiary/aromatic N) is 2. The van der Waals surface area contributed by atoms with Crippen LogP contribution < -0.4 is 15.3 Å². The van der Waals surface area contributed by atoms with Crippen LogP contribution in [0.3, 0.4) is 0 Å². The lowest BCUT2D eigenvalue weighted by Crippen LogP contribution is -2.25. The zero-order valence-corrected chi connectivity index (χ0v) is 14.4. The van der Waals surface area contributed by atoms with Gasteiger partial charge in [-0.1, -0.05) is 43.3 Å². The summed E-state index contributed by atoms with van der Waals surface area (Å²) in [5.74, 6) is 1.90. The highest BCUT2D eigenvalue weighted by Gasteiger charge is 2.16. The molecule has 3 nitrogen and oxygen atoms in total. The van der Waals surface area contributed by atoms with E-state index in [-0.39, 0.29) is 0 Å². The number of rotatable bonds is 6. The standard InChI is InChI=1S/C20H20N2OS/c1-15-16(2)22(20-6-4-3-5-19(15)20)17-7-9-18(10-8-17)23-13-14-24-21-11-12-21/h3-10H,1-2,11-14H2. The first kappa shape index (κ1) is 15.4. The van der Waals surface area contributed by atoms with Crippen LogP contribution in [0.5, 0.6) is 5.75 Å². The summed E-state index contributed by atoms with van der Waals surface area (Å²) >= 11 is 1.86. The molecule has 4 heteroatoms. The molecule has 1 fully saturated rings. The quantitative estimate of drug-likeness (QED) is 0.391. The second-order valence-electron chi connectivity index (χ2n) is 5.88. The van der Waals surface area contributed by atoms with Crippen LogP contribution in [0.1, 0.15) is 0 Å². The molecule has 122 valence electrons. The van der Waals surface area contributed by atoms with Crippen LogP contribution in [0.15, 0.2) is 48.5 Å². The highest BCUT2D eigenvalue weighted by atomic mass is 32.2. The summed E-state index contributed by atoms with van der Waals surface area (Å²) < 4.78 is 10.3. The zero-order valence-electron chi connectivity index (χ0n) is 13.6. The largest absolute Gasteiger partial charge is 0.493 e. The van der Waals surface area contributed by atoms with Gasteiger partial charge in [0.1, 0.15) is 5.75 Å². The number of hydrogen-bond acceptors (Lipinski definition) is 3. The Morgan fingerprint density at radius 2 is 1.75 bits per heavy atom. The van der Waals surface area contributed by atoms with E-state index in [0.29, 0.717) is 0 Å². The maximum absolute atomic E-state index is 5.81. The van der Waals surface area contributed by atoms with Crippen molar-refractivity contribution in [3.63, 3.8) is 0 Å². The third-order valence-electron chi connectivity index (χ3n) is 4.22. The van der Waals surface area contributed by atoms with Crippen molar-refractivity contribution in [1.29, 1.82) is 0 Å². The smallest absolute Gasteiger partial charge is 0.119 e. The van der Waals surface area contributed by atoms with E-state index in [0.717, 1.165) is 45.3 Å². The molecule has 24 heavy (non-hydrogen) atoms. The molecular weight excluding hydrogens is 316 g/mol. The lowest BCUT2D eigenvalue weighted by molar-refractivity contribution is 0.343. The lowest BCUT2D eigenvalue weighted by atomic mass is 10.2. The molecule has 0 unspecified atom stereocenters. The summed E-state index contributed by atoms with van der Waals surface area (Å²) in [5, 5.41) is 3.06. The molecule has 1 aromatic heterocycles. The zero-order chi connectivity index (χ0) is 16.5. The Kier molecular flexibility index (Phi) is 4.08. The van der Waals surface area contributed by atoms with Gasteiger partial charge >= 0.3 is 0 Å². The molecule has 0 amide bonds. The minimum atomic E-state index is 0.733. The lowest BCUT2D eigenvalue weighted by Gasteiger charge is -2.09. The van der Waals surface area contributed by atoms with Crippen LogP contribution in [-0.4, -0.2) is 34.3 Å². The van der Waals surface area contributed by atoms with Crippen LogP contribution in [0.4, 0.5) is 0 Å². The van der Waals surface area contributed by atoms with Gasteiger partial charge in [-0.15, -0.1) is 0 Å². The molecule has 0 radical (unpaired) electrons. The molecule has 0 bridgehead atoms. The number of benzene rings is 2. The first-order valence-corrected chi connectivity index (χ1v) is 9.07. The van der Waals surface area contributed by atoms with E-state index in [1.165, 1.54) is 13.1 Å². The van der Waals surface area contributed by atoms with Gasteiger partial charge < -0.3 is 9.30 Å². The molecule has 0 aliphatic carbocycles. The van der Waals surface area contributed by atoms with E-state index >= 15 is 0 Å². The molecule has 0 spiro atoms. The fraction of sp³-hybridized carbons (Fsp3) is 0.200. The number of aromatic nitrogens is 1. The van der Waals surface area contributed by atoms with Gasteiger partial charge in [-0.2, -0.15) is 0 Å². The maximum Gasteiger partial charge on any atom is 0.119 e. The van der Waals surface area contributed by atoms with Crippen LogP contribution in [-0.2, 0) is 0 Å². The molecule has 1 saturated heterocycles. The Morgan fingerprint density at radius 1 is 1.00 bits per heavy atom. The average Bonchev–Trinajstić information content (AvgIpc) is 3.40. The number of para-hydroxylation sites is 1. The summed E-state index contributed by atoms with van der Waals surface area (Å²) in [7, 11) is 0. The summed E-state index contributed by atoms with van der Waals surface area (Å²) in [6.45, 7) is 11.5. The van der Waals surface area contributed by atoms with Gasteiger partial charge in [-0.25, -0.2) is 4.31 Å². The Bertz CT molecular complexity index is 958. The molecule has 3 aromatic rings. The van der Waals surface area contributed by atoms with E-state index in [2.05, 4.69) is 46.3 Å². The van der Waals surface area contributed by atoms with Gasteiger partial charge in [0.25, 0.3) is 0 Å². The second-order valence-corrected chi connectivity index (χ2v) is 7.07. The van der Waals surface area contributed by atoms with Crippen LogP contribution in [0.2, 0.25) is 0 Å². The highest BCUT2D eigenvalue weighted by Crippen LogP contribution is 2.20. The summed E-state index contributed by atoms with van der Waals surface area (Å²) in [4.78, 5) is 0. The number of hydrogen-bond donors (Lipinski definition) is 0. The van der Waals surface area contributed by atoms with E-state index in [4.69, 9.17) is 4.74 Å². The van der Waals surface area contributed by atoms with E-state index < -0.39 is 0 Å². The second kappa shape index (κ2) is 6.38. The summed E-state index contributed by atoms with van der Waals surface area (Å²) in [6.07, 6.45) is 0. The van der Waals surface area contributed by atoms with Crippen molar-refractivity contribution >= 4 is 36.0 Å². The first-order valence-electron chi connectivity index (χ1n) is 8.12. The predicted molar refractivity (Wildman–Crippen MR) is 103 cm³/mol. The van der Waals surface area contributed by atoms with Crippen molar-refractivity contribution in [3.05, 3.63) is 59.1 Å². The topological polar surface area (TPSA) is 17.2 Å². The van der Waals surface area contributed by atoms with Crippen molar-refractivity contribution in [2.45, 2.75) is 0 Å². The van der Waals surface area contributed by atoms with Crippen molar-refractivity contribution in [3.8, 4) is 11.4 Å². The average molecular weight is 336 g/mol. The Labute approximate surface area is 146 Å². The minimum Gasteiger partial charge on any atom is -0.493 e.